The summed E-state index contributed by atoms with van der Waals surface area (Å²) in [6.45, 7) is 4.25. The van der Waals surface area contributed by atoms with Gasteiger partial charge in [0.25, 0.3) is 0 Å². The Morgan fingerprint density at radius 1 is 1.12 bits per heavy atom. The highest BCUT2D eigenvalue weighted by molar-refractivity contribution is 5.83. The Bertz CT molecular complexity index is 915. The highest BCUT2D eigenvalue weighted by Gasteiger charge is 2.03. The molecule has 0 atom stereocenters. The van der Waals surface area contributed by atoms with Gasteiger partial charge in [0.1, 0.15) is 0 Å². The van der Waals surface area contributed by atoms with Crippen LogP contribution in [0.3, 0.4) is 0 Å². The summed E-state index contributed by atoms with van der Waals surface area (Å²) in [5, 5.41) is 16.8. The molecule has 0 saturated carbocycles. The Balaban J connectivity index is 1.58. The lowest BCUT2D eigenvalue weighted by atomic mass is 10.1. The molecule has 3 rings (SSSR count). The van der Waals surface area contributed by atoms with Gasteiger partial charge >= 0.3 is 0 Å². The van der Waals surface area contributed by atoms with E-state index in [1.165, 1.54) is 16.5 Å². The van der Waals surface area contributed by atoms with E-state index >= 15 is 0 Å². The lowest BCUT2D eigenvalue weighted by Gasteiger charge is -2.11. The zero-order valence-electron chi connectivity index (χ0n) is 14.9. The number of H-pyrrole nitrogens is 1. The Morgan fingerprint density at radius 2 is 1.92 bits per heavy atom. The first-order valence-corrected chi connectivity index (χ1v) is 8.86. The third kappa shape index (κ3) is 4.42. The van der Waals surface area contributed by atoms with Gasteiger partial charge in [-0.15, -0.1) is 0 Å². The van der Waals surface area contributed by atoms with Crippen LogP contribution in [0.15, 0.2) is 59.7 Å². The summed E-state index contributed by atoms with van der Waals surface area (Å²) >= 11 is 0. The molecule has 5 heteroatoms. The summed E-state index contributed by atoms with van der Waals surface area (Å²) in [7, 11) is 0. The lowest BCUT2D eigenvalue weighted by Crippen LogP contribution is -2.38. The first-order valence-electron chi connectivity index (χ1n) is 8.86. The van der Waals surface area contributed by atoms with Gasteiger partial charge in [-0.25, -0.2) is 4.99 Å². The van der Waals surface area contributed by atoms with Gasteiger partial charge in [0.2, 0.25) is 0 Å². The molecule has 1 heterocycles. The number of nitriles is 1. The second-order valence-electron chi connectivity index (χ2n) is 6.04. The van der Waals surface area contributed by atoms with Crippen molar-refractivity contribution in [2.45, 2.75) is 19.9 Å². The first-order chi connectivity index (χ1) is 12.8. The molecular formula is C21H23N5. The fourth-order valence-electron chi connectivity index (χ4n) is 2.85. The van der Waals surface area contributed by atoms with E-state index in [4.69, 9.17) is 5.26 Å². The van der Waals surface area contributed by atoms with Gasteiger partial charge in [-0.2, -0.15) is 5.26 Å². The topological polar surface area (TPSA) is 76.0 Å². The predicted molar refractivity (Wildman–Crippen MR) is 106 cm³/mol. The lowest BCUT2D eigenvalue weighted by molar-refractivity contribution is 0.801. The third-order valence-electron chi connectivity index (χ3n) is 4.21. The minimum absolute atomic E-state index is 0.578. The van der Waals surface area contributed by atoms with E-state index in [1.54, 1.807) is 0 Å². The number of fused-ring (bicyclic) bond motifs is 1. The molecule has 0 amide bonds. The number of aromatic amines is 1. The van der Waals surface area contributed by atoms with Crippen molar-refractivity contribution in [2.75, 3.05) is 13.1 Å². The van der Waals surface area contributed by atoms with Crippen molar-refractivity contribution in [2.24, 2.45) is 4.99 Å². The van der Waals surface area contributed by atoms with Gasteiger partial charge in [-0.05, 0) is 42.7 Å². The third-order valence-corrected chi connectivity index (χ3v) is 4.21. The molecule has 0 spiro atoms. The van der Waals surface area contributed by atoms with Crippen molar-refractivity contribution in [3.63, 3.8) is 0 Å². The SMILES string of the molecule is CCNC(=NCc1ccc(C#N)cc1)NCCc1c[nH]c2ccccc12. The second kappa shape index (κ2) is 8.72. The summed E-state index contributed by atoms with van der Waals surface area (Å²) in [6, 6.07) is 18.0. The predicted octanol–water partition coefficient (Wildman–Crippen LogP) is 3.34. The van der Waals surface area contributed by atoms with E-state index in [-0.39, 0.29) is 0 Å². The molecule has 0 saturated heterocycles. The van der Waals surface area contributed by atoms with E-state index in [1.807, 2.05) is 30.3 Å². The average Bonchev–Trinajstić information content (AvgIpc) is 3.10. The quantitative estimate of drug-likeness (QED) is 0.474. The van der Waals surface area contributed by atoms with Crippen LogP contribution in [-0.2, 0) is 13.0 Å². The van der Waals surface area contributed by atoms with Crippen molar-refractivity contribution < 1.29 is 0 Å². The van der Waals surface area contributed by atoms with E-state index in [0.717, 1.165) is 31.0 Å². The van der Waals surface area contributed by atoms with Crippen LogP contribution in [0.25, 0.3) is 10.9 Å². The van der Waals surface area contributed by atoms with Crippen molar-refractivity contribution in [3.05, 3.63) is 71.4 Å². The van der Waals surface area contributed by atoms with Gasteiger partial charge in [-0.3, -0.25) is 0 Å². The molecule has 0 bridgehead atoms. The number of aliphatic imine (C=N–C) groups is 1. The first kappa shape index (κ1) is 17.6. The number of hydrogen-bond donors (Lipinski definition) is 3. The van der Waals surface area contributed by atoms with Crippen molar-refractivity contribution in [1.82, 2.24) is 15.6 Å². The molecule has 5 nitrogen and oxygen atoms in total. The standard InChI is InChI=1S/C21H23N5/c1-2-23-21(26-14-17-9-7-16(13-22)8-10-17)24-12-11-18-15-25-20-6-4-3-5-19(18)20/h3-10,15,25H,2,11-12,14H2,1H3,(H2,23,24,26). The number of benzene rings is 2. The van der Waals surface area contributed by atoms with Crippen LogP contribution >= 0.6 is 0 Å². The number of nitrogens with one attached hydrogen (secondary N) is 3. The molecule has 3 aromatic rings. The Kier molecular flexibility index (Phi) is 5.89. The molecule has 0 radical (unpaired) electrons. The van der Waals surface area contributed by atoms with Crippen molar-refractivity contribution in [3.8, 4) is 6.07 Å². The molecular weight excluding hydrogens is 322 g/mol. The van der Waals surface area contributed by atoms with Gasteiger partial charge in [-0.1, -0.05) is 30.3 Å². The minimum atomic E-state index is 0.578. The van der Waals surface area contributed by atoms with E-state index in [2.05, 4.69) is 58.0 Å². The van der Waals surface area contributed by atoms with Gasteiger partial charge in [0, 0.05) is 30.2 Å². The number of guanidine groups is 1. The summed E-state index contributed by atoms with van der Waals surface area (Å²) in [4.78, 5) is 7.93. The molecule has 132 valence electrons. The summed E-state index contributed by atoms with van der Waals surface area (Å²) in [5.74, 6) is 0.803. The van der Waals surface area contributed by atoms with Crippen LogP contribution in [-0.4, -0.2) is 24.0 Å². The van der Waals surface area contributed by atoms with Crippen LogP contribution in [0.4, 0.5) is 0 Å². The highest BCUT2D eigenvalue weighted by Crippen LogP contribution is 2.17. The summed E-state index contributed by atoms with van der Waals surface area (Å²) in [6.07, 6.45) is 3.00. The molecule has 3 N–H and O–H groups in total. The maximum absolute atomic E-state index is 8.86. The molecule has 1 aromatic heterocycles. The van der Waals surface area contributed by atoms with Gasteiger partial charge < -0.3 is 15.6 Å². The number of para-hydroxylation sites is 1. The monoisotopic (exact) mass is 345 g/mol. The van der Waals surface area contributed by atoms with Crippen LogP contribution in [0.1, 0.15) is 23.6 Å². The minimum Gasteiger partial charge on any atom is -0.361 e. The molecule has 0 aliphatic rings. The van der Waals surface area contributed by atoms with Crippen molar-refractivity contribution in [1.29, 1.82) is 5.26 Å². The normalized spacial score (nSPS) is 11.3. The molecule has 0 aliphatic carbocycles. The molecule has 2 aromatic carbocycles. The van der Waals surface area contributed by atoms with Crippen LogP contribution in [0, 0.1) is 11.3 Å². The Hall–Kier alpha value is -3.26. The fourth-order valence-corrected chi connectivity index (χ4v) is 2.85. The number of aromatic nitrogens is 1. The Morgan fingerprint density at radius 3 is 2.69 bits per heavy atom. The second-order valence-corrected chi connectivity index (χ2v) is 6.04. The maximum atomic E-state index is 8.86. The number of rotatable bonds is 6. The van der Waals surface area contributed by atoms with Crippen LogP contribution in [0.5, 0.6) is 0 Å². The zero-order valence-corrected chi connectivity index (χ0v) is 14.9. The van der Waals surface area contributed by atoms with Crippen LogP contribution in [0.2, 0.25) is 0 Å². The largest absolute Gasteiger partial charge is 0.361 e. The summed E-state index contributed by atoms with van der Waals surface area (Å²) in [5.41, 5.74) is 4.22. The molecule has 0 aliphatic heterocycles. The van der Waals surface area contributed by atoms with E-state index < -0.39 is 0 Å². The zero-order chi connectivity index (χ0) is 18.2. The van der Waals surface area contributed by atoms with Gasteiger partial charge in [0.05, 0.1) is 18.2 Å². The molecule has 0 unspecified atom stereocenters. The Labute approximate surface area is 153 Å². The smallest absolute Gasteiger partial charge is 0.191 e. The average molecular weight is 345 g/mol. The van der Waals surface area contributed by atoms with Gasteiger partial charge in [0.15, 0.2) is 5.96 Å². The fraction of sp³-hybridized carbons (Fsp3) is 0.238. The van der Waals surface area contributed by atoms with Crippen molar-refractivity contribution >= 4 is 16.9 Å². The molecule has 26 heavy (non-hydrogen) atoms. The number of nitrogens with zero attached hydrogens (tertiary/aromatic N) is 2. The summed E-state index contributed by atoms with van der Waals surface area (Å²) < 4.78 is 0. The van der Waals surface area contributed by atoms with E-state index in [9.17, 15) is 0 Å². The highest BCUT2D eigenvalue weighted by atomic mass is 15.2. The number of hydrogen-bond acceptors (Lipinski definition) is 2. The molecule has 0 fully saturated rings. The maximum Gasteiger partial charge on any atom is 0.191 e. The van der Waals surface area contributed by atoms with Crippen LogP contribution < -0.4 is 10.6 Å². The van der Waals surface area contributed by atoms with E-state index in [0.29, 0.717) is 12.1 Å².